The summed E-state index contributed by atoms with van der Waals surface area (Å²) in [5, 5.41) is 0. The van der Waals surface area contributed by atoms with E-state index in [1.807, 2.05) is 42.5 Å². The van der Waals surface area contributed by atoms with Crippen molar-refractivity contribution in [1.82, 2.24) is 9.97 Å². The fourth-order valence-electron chi connectivity index (χ4n) is 1.82. The Morgan fingerprint density at radius 2 is 1.80 bits per heavy atom. The van der Waals surface area contributed by atoms with Crippen LogP contribution in [0.5, 0.6) is 0 Å². The highest BCUT2D eigenvalue weighted by atomic mass is 79.9. The van der Waals surface area contributed by atoms with Gasteiger partial charge in [-0.3, -0.25) is 0 Å². The van der Waals surface area contributed by atoms with Crippen LogP contribution >= 0.6 is 55.4 Å². The zero-order valence-electron chi connectivity index (χ0n) is 10.1. The molecule has 1 N–H and O–H groups in total. The van der Waals surface area contributed by atoms with Crippen LogP contribution in [-0.4, -0.2) is 9.97 Å². The molecule has 3 rings (SSSR count). The molecule has 2 aromatic heterocycles. The molecule has 0 saturated heterocycles. The second kappa shape index (κ2) is 5.89. The van der Waals surface area contributed by atoms with Gasteiger partial charge in [0.25, 0.3) is 0 Å². The SMILES string of the molecule is S=c1nc(-c2ccc(Br)s2)[nH]c(-c2ccccc2)c1Br. The van der Waals surface area contributed by atoms with Gasteiger partial charge in [0.05, 0.1) is 18.8 Å². The summed E-state index contributed by atoms with van der Waals surface area (Å²) in [7, 11) is 0. The summed E-state index contributed by atoms with van der Waals surface area (Å²) in [6, 6.07) is 14.1. The molecule has 0 saturated carbocycles. The summed E-state index contributed by atoms with van der Waals surface area (Å²) >= 11 is 14.0. The topological polar surface area (TPSA) is 28.7 Å². The van der Waals surface area contributed by atoms with Crippen LogP contribution in [0.15, 0.2) is 50.7 Å². The van der Waals surface area contributed by atoms with E-state index in [2.05, 4.69) is 41.8 Å². The standard InChI is InChI=1S/C14H8Br2N2S2/c15-10-7-6-9(20-10)13-17-12(11(16)14(19)18-13)8-4-2-1-3-5-8/h1-7H,(H,17,18,19). The van der Waals surface area contributed by atoms with E-state index >= 15 is 0 Å². The zero-order valence-corrected chi connectivity index (χ0v) is 14.9. The van der Waals surface area contributed by atoms with Crippen LogP contribution in [0, 0.1) is 4.64 Å². The molecule has 2 nitrogen and oxygen atoms in total. The first-order valence-corrected chi connectivity index (χ1v) is 8.57. The van der Waals surface area contributed by atoms with Crippen LogP contribution in [0.25, 0.3) is 22.0 Å². The molecular formula is C14H8Br2N2S2. The number of thiophene rings is 1. The fraction of sp³-hybridized carbons (Fsp3) is 0. The third kappa shape index (κ3) is 2.79. The zero-order chi connectivity index (χ0) is 14.1. The first kappa shape index (κ1) is 14.1. The Labute approximate surface area is 142 Å². The smallest absolute Gasteiger partial charge is 0.149 e. The second-order valence-corrected chi connectivity index (χ2v) is 7.69. The number of nitrogens with one attached hydrogen (secondary N) is 1. The van der Waals surface area contributed by atoms with E-state index in [9.17, 15) is 0 Å². The highest BCUT2D eigenvalue weighted by Crippen LogP contribution is 2.33. The maximum absolute atomic E-state index is 5.35. The van der Waals surface area contributed by atoms with Gasteiger partial charge in [-0.2, -0.15) is 0 Å². The van der Waals surface area contributed by atoms with Gasteiger partial charge in [-0.05, 0) is 49.6 Å². The normalized spacial score (nSPS) is 10.7. The Hall–Kier alpha value is -0.820. The Balaban J connectivity index is 2.21. The number of aromatic amines is 1. The van der Waals surface area contributed by atoms with Gasteiger partial charge < -0.3 is 4.98 Å². The average Bonchev–Trinajstić information content (AvgIpc) is 2.89. The molecule has 0 spiro atoms. The quantitative estimate of drug-likeness (QED) is 0.503. The van der Waals surface area contributed by atoms with Gasteiger partial charge in [0, 0.05) is 0 Å². The molecule has 3 aromatic rings. The lowest BCUT2D eigenvalue weighted by Crippen LogP contribution is -1.93. The molecule has 0 fully saturated rings. The lowest BCUT2D eigenvalue weighted by molar-refractivity contribution is 1.16. The molecule has 1 aromatic carbocycles. The van der Waals surface area contributed by atoms with Crippen molar-refractivity contribution in [3.8, 4) is 22.0 Å². The Kier molecular flexibility index (Phi) is 4.16. The molecule has 0 aliphatic rings. The number of hydrogen-bond acceptors (Lipinski definition) is 3. The number of aromatic nitrogens is 2. The van der Waals surface area contributed by atoms with Gasteiger partial charge in [0.15, 0.2) is 0 Å². The van der Waals surface area contributed by atoms with E-state index in [4.69, 9.17) is 12.2 Å². The predicted octanol–water partition coefficient (Wildman–Crippen LogP) is 6.06. The van der Waals surface area contributed by atoms with Crippen molar-refractivity contribution in [2.45, 2.75) is 0 Å². The van der Waals surface area contributed by atoms with E-state index < -0.39 is 0 Å². The van der Waals surface area contributed by atoms with Crippen molar-refractivity contribution < 1.29 is 0 Å². The second-order valence-electron chi connectivity index (χ2n) is 4.05. The number of nitrogens with zero attached hydrogens (tertiary/aromatic N) is 1. The van der Waals surface area contributed by atoms with Crippen LogP contribution < -0.4 is 0 Å². The predicted molar refractivity (Wildman–Crippen MR) is 93.6 cm³/mol. The fourth-order valence-corrected chi connectivity index (χ4v) is 3.76. The molecule has 0 atom stereocenters. The largest absolute Gasteiger partial charge is 0.337 e. The molecule has 0 aliphatic carbocycles. The lowest BCUT2D eigenvalue weighted by atomic mass is 10.1. The molecule has 6 heteroatoms. The van der Waals surface area contributed by atoms with Crippen LogP contribution in [0.2, 0.25) is 0 Å². The third-order valence-electron chi connectivity index (χ3n) is 2.73. The van der Waals surface area contributed by atoms with Crippen LogP contribution in [0.4, 0.5) is 0 Å². The first-order chi connectivity index (χ1) is 9.65. The molecular weight excluding hydrogens is 420 g/mol. The van der Waals surface area contributed by atoms with Gasteiger partial charge in [-0.15, -0.1) is 11.3 Å². The molecule has 0 aliphatic heterocycles. The third-order valence-corrected chi connectivity index (χ3v) is 5.69. The average molecular weight is 428 g/mol. The van der Waals surface area contributed by atoms with Crippen LogP contribution in [-0.2, 0) is 0 Å². The molecule has 2 heterocycles. The van der Waals surface area contributed by atoms with Crippen LogP contribution in [0.1, 0.15) is 0 Å². The van der Waals surface area contributed by atoms with Crippen molar-refractivity contribution in [1.29, 1.82) is 0 Å². The van der Waals surface area contributed by atoms with Gasteiger partial charge in [0.2, 0.25) is 0 Å². The summed E-state index contributed by atoms with van der Waals surface area (Å²) < 4.78 is 2.44. The summed E-state index contributed by atoms with van der Waals surface area (Å²) in [5.41, 5.74) is 2.02. The Morgan fingerprint density at radius 1 is 1.05 bits per heavy atom. The summed E-state index contributed by atoms with van der Waals surface area (Å²) in [4.78, 5) is 8.86. The first-order valence-electron chi connectivity index (χ1n) is 5.76. The van der Waals surface area contributed by atoms with Gasteiger partial charge in [0.1, 0.15) is 10.5 Å². The minimum Gasteiger partial charge on any atom is -0.337 e. The number of benzene rings is 1. The Morgan fingerprint density at radius 3 is 2.45 bits per heavy atom. The summed E-state index contributed by atoms with van der Waals surface area (Å²) in [6.45, 7) is 0. The number of halogens is 2. The van der Waals surface area contributed by atoms with Gasteiger partial charge in [-0.25, -0.2) is 4.98 Å². The molecule has 0 radical (unpaired) electrons. The van der Waals surface area contributed by atoms with E-state index in [1.165, 1.54) is 0 Å². The maximum atomic E-state index is 5.35. The highest BCUT2D eigenvalue weighted by molar-refractivity contribution is 9.11. The minimum atomic E-state index is 0.558. The number of rotatable bonds is 2. The summed E-state index contributed by atoms with van der Waals surface area (Å²) in [6.07, 6.45) is 0. The van der Waals surface area contributed by atoms with Crippen molar-refractivity contribution in [3.05, 3.63) is 55.4 Å². The molecule has 0 unspecified atom stereocenters. The van der Waals surface area contributed by atoms with E-state index in [-0.39, 0.29) is 0 Å². The molecule has 100 valence electrons. The van der Waals surface area contributed by atoms with E-state index in [1.54, 1.807) is 11.3 Å². The van der Waals surface area contributed by atoms with Crippen molar-refractivity contribution in [2.75, 3.05) is 0 Å². The monoisotopic (exact) mass is 426 g/mol. The number of H-pyrrole nitrogens is 1. The Bertz CT molecular complexity index is 810. The maximum Gasteiger partial charge on any atom is 0.149 e. The number of hydrogen-bond donors (Lipinski definition) is 1. The van der Waals surface area contributed by atoms with E-state index in [0.29, 0.717) is 4.64 Å². The minimum absolute atomic E-state index is 0.558. The lowest BCUT2D eigenvalue weighted by Gasteiger charge is -2.07. The molecule has 0 amide bonds. The van der Waals surface area contributed by atoms with Crippen molar-refractivity contribution in [2.24, 2.45) is 0 Å². The van der Waals surface area contributed by atoms with Gasteiger partial charge in [-0.1, -0.05) is 42.5 Å². The highest BCUT2D eigenvalue weighted by Gasteiger charge is 2.11. The summed E-state index contributed by atoms with van der Waals surface area (Å²) in [5.74, 6) is 0.785. The molecule has 20 heavy (non-hydrogen) atoms. The van der Waals surface area contributed by atoms with Gasteiger partial charge >= 0.3 is 0 Å². The van der Waals surface area contributed by atoms with Crippen molar-refractivity contribution in [3.63, 3.8) is 0 Å². The van der Waals surface area contributed by atoms with Crippen molar-refractivity contribution >= 4 is 55.4 Å². The molecule has 0 bridgehead atoms. The van der Waals surface area contributed by atoms with Crippen LogP contribution in [0.3, 0.4) is 0 Å². The van der Waals surface area contributed by atoms with E-state index in [0.717, 1.165) is 30.2 Å².